The SMILES string of the molecule is C[C@@H]1CN(C(=O)c2ccccc2)O[C@H](c2ccccc2)O1. The predicted molar refractivity (Wildman–Crippen MR) is 78.3 cm³/mol. The maximum Gasteiger partial charge on any atom is 0.277 e. The summed E-state index contributed by atoms with van der Waals surface area (Å²) in [7, 11) is 0. The molecule has 1 heterocycles. The molecule has 0 spiro atoms. The maximum absolute atomic E-state index is 12.5. The van der Waals surface area contributed by atoms with E-state index in [2.05, 4.69) is 0 Å². The van der Waals surface area contributed by atoms with Crippen molar-refractivity contribution in [1.29, 1.82) is 0 Å². The Kier molecular flexibility index (Phi) is 3.99. The Bertz CT molecular complexity index is 600. The van der Waals surface area contributed by atoms with Crippen molar-refractivity contribution in [2.75, 3.05) is 6.54 Å². The van der Waals surface area contributed by atoms with E-state index in [1.807, 2.05) is 55.5 Å². The van der Waals surface area contributed by atoms with Crippen molar-refractivity contribution in [2.24, 2.45) is 0 Å². The zero-order valence-electron chi connectivity index (χ0n) is 11.8. The molecule has 3 rings (SSSR count). The third-order valence-electron chi connectivity index (χ3n) is 3.32. The first-order valence-corrected chi connectivity index (χ1v) is 6.98. The van der Waals surface area contributed by atoms with E-state index >= 15 is 0 Å². The zero-order chi connectivity index (χ0) is 14.7. The molecule has 4 nitrogen and oxygen atoms in total. The summed E-state index contributed by atoms with van der Waals surface area (Å²) in [5.74, 6) is -0.147. The van der Waals surface area contributed by atoms with Gasteiger partial charge in [-0.25, -0.2) is 9.90 Å². The fourth-order valence-corrected chi connectivity index (χ4v) is 2.28. The lowest BCUT2D eigenvalue weighted by atomic mass is 10.2. The Balaban J connectivity index is 1.79. The Morgan fingerprint density at radius 2 is 1.67 bits per heavy atom. The summed E-state index contributed by atoms with van der Waals surface area (Å²) in [6.45, 7) is 2.35. The zero-order valence-corrected chi connectivity index (χ0v) is 11.8. The van der Waals surface area contributed by atoms with Crippen LogP contribution in [0.4, 0.5) is 0 Å². The molecular formula is C17H17NO3. The molecule has 1 aliphatic rings. The highest BCUT2D eigenvalue weighted by Gasteiger charge is 2.31. The van der Waals surface area contributed by atoms with Crippen LogP contribution in [0.15, 0.2) is 60.7 Å². The molecule has 0 radical (unpaired) electrons. The number of benzene rings is 2. The van der Waals surface area contributed by atoms with Gasteiger partial charge in [0.05, 0.1) is 12.6 Å². The highest BCUT2D eigenvalue weighted by molar-refractivity contribution is 5.93. The van der Waals surface area contributed by atoms with Crippen LogP contribution in [0.5, 0.6) is 0 Å². The molecule has 108 valence electrons. The summed E-state index contributed by atoms with van der Waals surface area (Å²) in [5, 5.41) is 1.39. The van der Waals surface area contributed by atoms with E-state index in [4.69, 9.17) is 9.57 Å². The van der Waals surface area contributed by atoms with Crippen LogP contribution in [0, 0.1) is 0 Å². The van der Waals surface area contributed by atoms with Crippen LogP contribution in [0.3, 0.4) is 0 Å². The number of nitrogens with zero attached hydrogens (tertiary/aromatic N) is 1. The molecule has 1 saturated heterocycles. The van der Waals surface area contributed by atoms with E-state index in [-0.39, 0.29) is 12.0 Å². The quantitative estimate of drug-likeness (QED) is 0.849. The van der Waals surface area contributed by atoms with E-state index in [1.54, 1.807) is 12.1 Å². The molecule has 1 fully saturated rings. The van der Waals surface area contributed by atoms with Crippen LogP contribution in [-0.4, -0.2) is 23.6 Å². The van der Waals surface area contributed by atoms with Crippen LogP contribution in [0.2, 0.25) is 0 Å². The molecule has 2 aromatic carbocycles. The minimum atomic E-state index is -0.553. The third-order valence-corrected chi connectivity index (χ3v) is 3.32. The lowest BCUT2D eigenvalue weighted by molar-refractivity contribution is -0.320. The Hall–Kier alpha value is -2.17. The Morgan fingerprint density at radius 3 is 2.33 bits per heavy atom. The van der Waals surface area contributed by atoms with Gasteiger partial charge in [-0.1, -0.05) is 48.5 Å². The standard InChI is InChI=1S/C17H17NO3/c1-13-12-18(16(19)14-8-4-2-5-9-14)21-17(20-13)15-10-6-3-7-11-15/h2-11,13,17H,12H2,1H3/t13-,17-/m1/s1. The maximum atomic E-state index is 12.5. The van der Waals surface area contributed by atoms with E-state index in [9.17, 15) is 4.79 Å². The van der Waals surface area contributed by atoms with Crippen LogP contribution < -0.4 is 0 Å². The minimum absolute atomic E-state index is 0.0865. The second kappa shape index (κ2) is 6.08. The van der Waals surface area contributed by atoms with Crippen molar-refractivity contribution in [1.82, 2.24) is 5.06 Å². The van der Waals surface area contributed by atoms with Crippen LogP contribution in [0.25, 0.3) is 0 Å². The number of hydroxylamine groups is 2. The van der Waals surface area contributed by atoms with Gasteiger partial charge in [-0.15, -0.1) is 0 Å². The van der Waals surface area contributed by atoms with Crippen molar-refractivity contribution in [3.8, 4) is 0 Å². The molecule has 1 amide bonds. The van der Waals surface area contributed by atoms with Gasteiger partial charge in [0, 0.05) is 11.1 Å². The average molecular weight is 283 g/mol. The van der Waals surface area contributed by atoms with Gasteiger partial charge in [-0.3, -0.25) is 4.79 Å². The third kappa shape index (κ3) is 3.12. The largest absolute Gasteiger partial charge is 0.342 e. The number of rotatable bonds is 2. The van der Waals surface area contributed by atoms with Gasteiger partial charge in [0.1, 0.15) is 0 Å². The van der Waals surface area contributed by atoms with Gasteiger partial charge in [0.25, 0.3) is 5.91 Å². The van der Waals surface area contributed by atoms with Gasteiger partial charge < -0.3 is 4.74 Å². The second-order valence-electron chi connectivity index (χ2n) is 5.03. The van der Waals surface area contributed by atoms with Crippen LogP contribution in [0.1, 0.15) is 29.1 Å². The first kappa shape index (κ1) is 13.8. The van der Waals surface area contributed by atoms with Crippen molar-refractivity contribution < 1.29 is 14.4 Å². The molecule has 0 N–H and O–H groups in total. The van der Waals surface area contributed by atoms with E-state index < -0.39 is 6.29 Å². The molecule has 2 atom stereocenters. The van der Waals surface area contributed by atoms with Crippen molar-refractivity contribution >= 4 is 5.91 Å². The van der Waals surface area contributed by atoms with E-state index in [0.717, 1.165) is 5.56 Å². The Morgan fingerprint density at radius 1 is 1.05 bits per heavy atom. The van der Waals surface area contributed by atoms with Gasteiger partial charge in [-0.2, -0.15) is 0 Å². The highest BCUT2D eigenvalue weighted by atomic mass is 16.8. The number of hydrogen-bond acceptors (Lipinski definition) is 3. The lowest BCUT2D eigenvalue weighted by Crippen LogP contribution is -2.44. The highest BCUT2D eigenvalue weighted by Crippen LogP contribution is 2.27. The molecule has 0 unspecified atom stereocenters. The second-order valence-corrected chi connectivity index (χ2v) is 5.03. The molecule has 2 aromatic rings. The van der Waals surface area contributed by atoms with Gasteiger partial charge >= 0.3 is 0 Å². The summed E-state index contributed by atoms with van der Waals surface area (Å²) in [5.41, 5.74) is 1.51. The number of carbonyl (C=O) groups is 1. The molecule has 0 saturated carbocycles. The number of carbonyl (C=O) groups excluding carboxylic acids is 1. The summed E-state index contributed by atoms with van der Waals surface area (Å²) >= 11 is 0. The van der Waals surface area contributed by atoms with Gasteiger partial charge in [0.15, 0.2) is 0 Å². The first-order chi connectivity index (χ1) is 10.2. The summed E-state index contributed by atoms with van der Waals surface area (Å²) < 4.78 is 5.77. The molecule has 0 aromatic heterocycles. The van der Waals surface area contributed by atoms with E-state index in [0.29, 0.717) is 12.1 Å². The van der Waals surface area contributed by atoms with Gasteiger partial charge in [0.2, 0.25) is 6.29 Å². The summed E-state index contributed by atoms with van der Waals surface area (Å²) in [6.07, 6.45) is -0.640. The fourth-order valence-electron chi connectivity index (χ4n) is 2.28. The van der Waals surface area contributed by atoms with Crippen molar-refractivity contribution in [3.63, 3.8) is 0 Å². The van der Waals surface area contributed by atoms with Gasteiger partial charge in [-0.05, 0) is 19.1 Å². The summed E-state index contributed by atoms with van der Waals surface area (Å²) in [6, 6.07) is 18.7. The van der Waals surface area contributed by atoms with Crippen molar-refractivity contribution in [3.05, 3.63) is 71.8 Å². The molecule has 0 bridgehead atoms. The number of ether oxygens (including phenoxy) is 1. The van der Waals surface area contributed by atoms with Crippen molar-refractivity contribution in [2.45, 2.75) is 19.3 Å². The minimum Gasteiger partial charge on any atom is -0.342 e. The number of amides is 1. The monoisotopic (exact) mass is 283 g/mol. The molecular weight excluding hydrogens is 266 g/mol. The smallest absolute Gasteiger partial charge is 0.277 e. The normalized spacial score (nSPS) is 22.0. The van der Waals surface area contributed by atoms with Crippen LogP contribution >= 0.6 is 0 Å². The van der Waals surface area contributed by atoms with E-state index in [1.165, 1.54) is 5.06 Å². The molecule has 1 aliphatic heterocycles. The Labute approximate surface area is 123 Å². The average Bonchev–Trinajstić information content (AvgIpc) is 2.55. The molecule has 4 heteroatoms. The topological polar surface area (TPSA) is 38.8 Å². The molecule has 0 aliphatic carbocycles. The lowest BCUT2D eigenvalue weighted by Gasteiger charge is -2.36. The summed E-state index contributed by atoms with van der Waals surface area (Å²) in [4.78, 5) is 18.2. The van der Waals surface area contributed by atoms with Crippen LogP contribution in [-0.2, 0) is 9.57 Å². The predicted octanol–water partition coefficient (Wildman–Crippen LogP) is 3.18. The number of hydrogen-bond donors (Lipinski definition) is 0. The first-order valence-electron chi connectivity index (χ1n) is 6.98. The molecule has 21 heavy (non-hydrogen) atoms. The fraction of sp³-hybridized carbons (Fsp3) is 0.235.